The van der Waals surface area contributed by atoms with E-state index in [0.717, 1.165) is 25.1 Å². The van der Waals surface area contributed by atoms with Gasteiger partial charge in [-0.3, -0.25) is 0 Å². The number of hydrogen-bond donors (Lipinski definition) is 1. The van der Waals surface area contributed by atoms with Crippen molar-refractivity contribution in [3.8, 4) is 0 Å². The zero-order valence-electron chi connectivity index (χ0n) is 16.7. The van der Waals surface area contributed by atoms with Crippen LogP contribution in [-0.4, -0.2) is 17.5 Å². The van der Waals surface area contributed by atoms with Crippen molar-refractivity contribution < 1.29 is 4.79 Å². The minimum absolute atomic E-state index is 0.0283. The van der Waals surface area contributed by atoms with Crippen LogP contribution < -0.4 is 5.32 Å². The number of carbonyl (C=O) groups excluding carboxylic acids is 1. The van der Waals surface area contributed by atoms with E-state index in [1.807, 2.05) is 53.5 Å². The highest BCUT2D eigenvalue weighted by molar-refractivity contribution is 7.12. The molecule has 0 aliphatic carbocycles. The van der Waals surface area contributed by atoms with Gasteiger partial charge in [0.25, 0.3) is 0 Å². The largest absolute Gasteiger partial charge is 0.322 e. The SMILES string of the molecule is CCc1c(C)sc2c1CCN(C(=O)Nc1ccc(C)cc1)[C@@H]2c1ccccc1. The summed E-state index contributed by atoms with van der Waals surface area (Å²) in [4.78, 5) is 17.9. The molecule has 1 aliphatic rings. The molecule has 2 amide bonds. The fourth-order valence-corrected chi connectivity index (χ4v) is 5.57. The van der Waals surface area contributed by atoms with Gasteiger partial charge in [0.05, 0.1) is 6.04 Å². The van der Waals surface area contributed by atoms with Crippen LogP contribution in [0.4, 0.5) is 10.5 Å². The number of nitrogens with zero attached hydrogens (tertiary/aromatic N) is 1. The first-order valence-corrected chi connectivity index (χ1v) is 10.7. The second kappa shape index (κ2) is 7.80. The number of amides is 2. The van der Waals surface area contributed by atoms with Gasteiger partial charge in [-0.2, -0.15) is 0 Å². The Labute approximate surface area is 171 Å². The van der Waals surface area contributed by atoms with Crippen LogP contribution in [0.5, 0.6) is 0 Å². The molecule has 0 fully saturated rings. The fourth-order valence-electron chi connectivity index (χ4n) is 4.13. The van der Waals surface area contributed by atoms with Gasteiger partial charge in [-0.15, -0.1) is 11.3 Å². The molecular formula is C24H26N2OS. The summed E-state index contributed by atoms with van der Waals surface area (Å²) in [5.74, 6) is 0. The van der Waals surface area contributed by atoms with E-state index in [0.29, 0.717) is 0 Å². The van der Waals surface area contributed by atoms with Crippen molar-refractivity contribution in [2.45, 2.75) is 39.7 Å². The Hall–Kier alpha value is -2.59. The van der Waals surface area contributed by atoms with Crippen LogP contribution in [-0.2, 0) is 12.8 Å². The van der Waals surface area contributed by atoms with Gasteiger partial charge in [-0.25, -0.2) is 4.79 Å². The van der Waals surface area contributed by atoms with Gasteiger partial charge >= 0.3 is 6.03 Å². The molecule has 0 unspecified atom stereocenters. The predicted molar refractivity (Wildman–Crippen MR) is 117 cm³/mol. The van der Waals surface area contributed by atoms with E-state index in [4.69, 9.17) is 0 Å². The van der Waals surface area contributed by atoms with Crippen LogP contribution in [0, 0.1) is 13.8 Å². The molecule has 2 heterocycles. The standard InChI is InChI=1S/C24H26N2OS/c1-4-20-17(3)28-23-21(20)14-15-26(22(23)18-8-6-5-7-9-18)24(27)25-19-12-10-16(2)11-13-19/h5-13,22H,4,14-15H2,1-3H3,(H,25,27)/t22-/m1/s1. The molecule has 3 aromatic rings. The Balaban J connectivity index is 1.71. The molecule has 0 bridgehead atoms. The van der Waals surface area contributed by atoms with Crippen molar-refractivity contribution in [2.75, 3.05) is 11.9 Å². The van der Waals surface area contributed by atoms with Crippen LogP contribution in [0.25, 0.3) is 0 Å². The van der Waals surface area contributed by atoms with E-state index < -0.39 is 0 Å². The van der Waals surface area contributed by atoms with Gasteiger partial charge in [0.1, 0.15) is 0 Å². The van der Waals surface area contributed by atoms with E-state index in [2.05, 4.69) is 43.4 Å². The number of nitrogens with one attached hydrogen (secondary N) is 1. The third-order valence-electron chi connectivity index (χ3n) is 5.55. The van der Waals surface area contributed by atoms with Gasteiger partial charge < -0.3 is 10.2 Å². The van der Waals surface area contributed by atoms with Crippen molar-refractivity contribution in [2.24, 2.45) is 0 Å². The highest BCUT2D eigenvalue weighted by atomic mass is 32.1. The molecule has 28 heavy (non-hydrogen) atoms. The zero-order valence-corrected chi connectivity index (χ0v) is 17.5. The summed E-state index contributed by atoms with van der Waals surface area (Å²) in [5.41, 5.74) is 6.12. The highest BCUT2D eigenvalue weighted by Crippen LogP contribution is 2.42. The van der Waals surface area contributed by atoms with Crippen molar-refractivity contribution in [1.82, 2.24) is 4.90 Å². The molecule has 0 saturated heterocycles. The molecule has 1 N–H and O–H groups in total. The second-order valence-electron chi connectivity index (χ2n) is 7.39. The molecular weight excluding hydrogens is 364 g/mol. The Morgan fingerprint density at radius 1 is 1.11 bits per heavy atom. The molecule has 0 spiro atoms. The average molecular weight is 391 g/mol. The van der Waals surface area contributed by atoms with Crippen LogP contribution >= 0.6 is 11.3 Å². The maximum Gasteiger partial charge on any atom is 0.322 e. The summed E-state index contributed by atoms with van der Waals surface area (Å²) in [6.07, 6.45) is 1.97. The lowest BCUT2D eigenvalue weighted by molar-refractivity contribution is 0.195. The van der Waals surface area contributed by atoms with Crippen molar-refractivity contribution in [3.63, 3.8) is 0 Å². The average Bonchev–Trinajstić information content (AvgIpc) is 3.04. The molecule has 4 heteroatoms. The van der Waals surface area contributed by atoms with Gasteiger partial charge in [0.15, 0.2) is 0 Å². The number of thiophene rings is 1. The van der Waals surface area contributed by atoms with Gasteiger partial charge in [-0.1, -0.05) is 55.0 Å². The van der Waals surface area contributed by atoms with Gasteiger partial charge in [0, 0.05) is 22.0 Å². The molecule has 1 aliphatic heterocycles. The van der Waals surface area contributed by atoms with Crippen LogP contribution in [0.15, 0.2) is 54.6 Å². The summed E-state index contributed by atoms with van der Waals surface area (Å²) in [6, 6.07) is 18.3. The van der Waals surface area contributed by atoms with Crippen LogP contribution in [0.3, 0.4) is 0 Å². The third-order valence-corrected chi connectivity index (χ3v) is 6.79. The first-order chi connectivity index (χ1) is 13.6. The Bertz CT molecular complexity index is 976. The number of carbonyl (C=O) groups is 1. The molecule has 2 aromatic carbocycles. The lowest BCUT2D eigenvalue weighted by Crippen LogP contribution is -2.42. The summed E-state index contributed by atoms with van der Waals surface area (Å²) in [7, 11) is 0. The van der Waals surface area contributed by atoms with Crippen molar-refractivity contribution in [1.29, 1.82) is 0 Å². The monoisotopic (exact) mass is 390 g/mol. The number of fused-ring (bicyclic) bond motifs is 1. The lowest BCUT2D eigenvalue weighted by atomic mass is 9.92. The molecule has 0 radical (unpaired) electrons. The molecule has 1 aromatic heterocycles. The summed E-state index contributed by atoms with van der Waals surface area (Å²) in [5, 5.41) is 3.10. The second-order valence-corrected chi connectivity index (χ2v) is 8.64. The smallest absolute Gasteiger partial charge is 0.312 e. The van der Waals surface area contributed by atoms with Gasteiger partial charge in [0.2, 0.25) is 0 Å². The van der Waals surface area contributed by atoms with Crippen molar-refractivity contribution >= 4 is 23.1 Å². The Morgan fingerprint density at radius 3 is 2.50 bits per heavy atom. The molecule has 1 atom stereocenters. The predicted octanol–water partition coefficient (Wildman–Crippen LogP) is 6.11. The number of anilines is 1. The number of hydrogen-bond acceptors (Lipinski definition) is 2. The normalized spacial score (nSPS) is 16.0. The first-order valence-electron chi connectivity index (χ1n) is 9.88. The number of urea groups is 1. The highest BCUT2D eigenvalue weighted by Gasteiger charge is 2.35. The number of aryl methyl sites for hydroxylation is 2. The number of rotatable bonds is 3. The maximum absolute atomic E-state index is 13.2. The van der Waals surface area contributed by atoms with Crippen LogP contribution in [0.1, 0.15) is 45.0 Å². The summed E-state index contributed by atoms with van der Waals surface area (Å²) < 4.78 is 0. The number of benzene rings is 2. The van der Waals surface area contributed by atoms with E-state index in [-0.39, 0.29) is 12.1 Å². The first kappa shape index (κ1) is 18.8. The van der Waals surface area contributed by atoms with Crippen molar-refractivity contribution in [3.05, 3.63) is 86.6 Å². The van der Waals surface area contributed by atoms with Gasteiger partial charge in [-0.05, 0) is 55.5 Å². The molecule has 0 saturated carbocycles. The topological polar surface area (TPSA) is 32.3 Å². The minimum atomic E-state index is -0.0348. The molecule has 3 nitrogen and oxygen atoms in total. The van der Waals surface area contributed by atoms with E-state index in [1.54, 1.807) is 0 Å². The summed E-state index contributed by atoms with van der Waals surface area (Å²) >= 11 is 1.85. The minimum Gasteiger partial charge on any atom is -0.312 e. The maximum atomic E-state index is 13.2. The Morgan fingerprint density at radius 2 is 1.82 bits per heavy atom. The Kier molecular flexibility index (Phi) is 5.23. The van der Waals surface area contributed by atoms with Crippen LogP contribution in [0.2, 0.25) is 0 Å². The zero-order chi connectivity index (χ0) is 19.7. The lowest BCUT2D eigenvalue weighted by Gasteiger charge is -2.36. The fraction of sp³-hybridized carbons (Fsp3) is 0.292. The molecule has 144 valence electrons. The third kappa shape index (κ3) is 3.45. The van der Waals surface area contributed by atoms with E-state index in [9.17, 15) is 4.79 Å². The van der Waals surface area contributed by atoms with E-state index in [1.165, 1.54) is 32.0 Å². The molecule has 4 rings (SSSR count). The van der Waals surface area contributed by atoms with E-state index >= 15 is 0 Å². The quantitative estimate of drug-likeness (QED) is 0.575. The summed E-state index contributed by atoms with van der Waals surface area (Å²) in [6.45, 7) is 7.21.